The number of nitrogens with one attached hydrogen (secondary N) is 1. The van der Waals surface area contributed by atoms with Crippen LogP contribution in [0.3, 0.4) is 0 Å². The van der Waals surface area contributed by atoms with E-state index in [0.717, 1.165) is 12.3 Å². The van der Waals surface area contributed by atoms with Crippen LogP contribution >= 0.6 is 0 Å². The van der Waals surface area contributed by atoms with Gasteiger partial charge in [0.05, 0.1) is 0 Å². The largest absolute Gasteiger partial charge is 0.356 e. The fraction of sp³-hybridized carbons (Fsp3) is 0.900. The predicted molar refractivity (Wildman–Crippen MR) is 52.0 cm³/mol. The van der Waals surface area contributed by atoms with Gasteiger partial charge in [0.2, 0.25) is 6.41 Å². The van der Waals surface area contributed by atoms with Gasteiger partial charge in [0.1, 0.15) is 0 Å². The Bertz CT molecular complexity index is 114. The van der Waals surface area contributed by atoms with Crippen LogP contribution in [0.1, 0.15) is 46.5 Å². The number of hydrogen-bond acceptors (Lipinski definition) is 1. The summed E-state index contributed by atoms with van der Waals surface area (Å²) in [6, 6.07) is 0.474. The highest BCUT2D eigenvalue weighted by molar-refractivity contribution is 5.46. The van der Waals surface area contributed by atoms with Crippen molar-refractivity contribution in [1.82, 2.24) is 5.32 Å². The molecule has 0 saturated heterocycles. The minimum atomic E-state index is 0.474. The topological polar surface area (TPSA) is 29.1 Å². The minimum absolute atomic E-state index is 0.474. The molecule has 2 nitrogen and oxygen atoms in total. The maximum Gasteiger partial charge on any atom is 0.207 e. The predicted octanol–water partition coefficient (Wildman–Crippen LogP) is 2.34. The second-order valence-corrected chi connectivity index (χ2v) is 3.07. The lowest BCUT2D eigenvalue weighted by molar-refractivity contribution is -0.110. The molecule has 0 aromatic heterocycles. The van der Waals surface area contributed by atoms with E-state index in [0.29, 0.717) is 6.04 Å². The van der Waals surface area contributed by atoms with Gasteiger partial charge in [-0.1, -0.05) is 27.2 Å². The summed E-state index contributed by atoms with van der Waals surface area (Å²) in [5.74, 6) is 0.859. The summed E-state index contributed by atoms with van der Waals surface area (Å²) in [5.41, 5.74) is 0. The number of hydrogen-bond donors (Lipinski definition) is 1. The fourth-order valence-electron chi connectivity index (χ4n) is 1.69. The normalized spacial score (nSPS) is 27.2. The van der Waals surface area contributed by atoms with Crippen LogP contribution in [0.2, 0.25) is 0 Å². The van der Waals surface area contributed by atoms with Crippen molar-refractivity contribution in [2.75, 3.05) is 0 Å². The van der Waals surface area contributed by atoms with Gasteiger partial charge in [0, 0.05) is 6.04 Å². The van der Waals surface area contributed by atoms with Gasteiger partial charge in [-0.25, -0.2) is 0 Å². The van der Waals surface area contributed by atoms with Crippen molar-refractivity contribution >= 4 is 6.41 Å². The first-order valence-electron chi connectivity index (χ1n) is 5.06. The molecule has 2 heteroatoms. The van der Waals surface area contributed by atoms with Gasteiger partial charge in [-0.3, -0.25) is 4.79 Å². The van der Waals surface area contributed by atoms with E-state index in [1.807, 2.05) is 13.8 Å². The summed E-state index contributed by atoms with van der Waals surface area (Å²) < 4.78 is 0. The summed E-state index contributed by atoms with van der Waals surface area (Å²) >= 11 is 0. The number of carbonyl (C=O) groups excluding carboxylic acids is 1. The van der Waals surface area contributed by atoms with Gasteiger partial charge in [-0.2, -0.15) is 0 Å². The SMILES string of the molecule is CC.CCC1CCC(NC=O)C1. The molecule has 0 aliphatic heterocycles. The molecule has 0 spiro atoms. The smallest absolute Gasteiger partial charge is 0.207 e. The second kappa shape index (κ2) is 7.14. The van der Waals surface area contributed by atoms with E-state index in [1.165, 1.54) is 25.7 Å². The Balaban J connectivity index is 0.000000561. The van der Waals surface area contributed by atoms with Crippen LogP contribution < -0.4 is 5.32 Å². The maximum atomic E-state index is 10.0. The summed E-state index contributed by atoms with van der Waals surface area (Å²) in [7, 11) is 0. The maximum absolute atomic E-state index is 10.0. The third kappa shape index (κ3) is 3.74. The summed E-state index contributed by atoms with van der Waals surface area (Å²) in [5, 5.41) is 2.83. The monoisotopic (exact) mass is 171 g/mol. The van der Waals surface area contributed by atoms with Gasteiger partial charge in [-0.05, 0) is 25.2 Å². The average Bonchev–Trinajstić information content (AvgIpc) is 2.57. The van der Waals surface area contributed by atoms with Crippen LogP contribution in [0.5, 0.6) is 0 Å². The molecule has 0 radical (unpaired) electrons. The van der Waals surface area contributed by atoms with Crippen LogP contribution in [-0.2, 0) is 4.79 Å². The van der Waals surface area contributed by atoms with E-state index in [4.69, 9.17) is 0 Å². The molecule has 1 aliphatic carbocycles. The lowest BCUT2D eigenvalue weighted by atomic mass is 10.1. The highest BCUT2D eigenvalue weighted by Crippen LogP contribution is 2.27. The van der Waals surface area contributed by atoms with E-state index in [9.17, 15) is 4.79 Å². The van der Waals surface area contributed by atoms with Gasteiger partial charge in [0.25, 0.3) is 0 Å². The van der Waals surface area contributed by atoms with Crippen molar-refractivity contribution in [3.8, 4) is 0 Å². The Kier molecular flexibility index (Phi) is 6.82. The van der Waals surface area contributed by atoms with Crippen LogP contribution in [0, 0.1) is 5.92 Å². The Labute approximate surface area is 75.7 Å². The zero-order chi connectivity index (χ0) is 9.40. The lowest BCUT2D eigenvalue weighted by Crippen LogP contribution is -2.24. The van der Waals surface area contributed by atoms with Gasteiger partial charge in [-0.15, -0.1) is 0 Å². The molecule has 12 heavy (non-hydrogen) atoms. The molecule has 1 aliphatic rings. The van der Waals surface area contributed by atoms with Crippen molar-refractivity contribution in [1.29, 1.82) is 0 Å². The molecule has 2 atom stereocenters. The summed E-state index contributed by atoms with van der Waals surface area (Å²) in [6.07, 6.45) is 5.74. The molecule has 1 rings (SSSR count). The molecule has 0 aromatic rings. The molecule has 1 amide bonds. The van der Waals surface area contributed by atoms with Gasteiger partial charge in [0.15, 0.2) is 0 Å². The summed E-state index contributed by atoms with van der Waals surface area (Å²) in [6.45, 7) is 6.22. The Hall–Kier alpha value is -0.530. The molecule has 1 fully saturated rings. The van der Waals surface area contributed by atoms with Crippen LogP contribution in [0.4, 0.5) is 0 Å². The number of rotatable bonds is 3. The number of amides is 1. The third-order valence-corrected chi connectivity index (χ3v) is 2.42. The van der Waals surface area contributed by atoms with E-state index in [2.05, 4.69) is 12.2 Å². The zero-order valence-corrected chi connectivity index (χ0v) is 8.47. The molecule has 1 saturated carbocycles. The molecule has 1 N–H and O–H groups in total. The Morgan fingerprint density at radius 1 is 1.42 bits per heavy atom. The second-order valence-electron chi connectivity index (χ2n) is 3.07. The van der Waals surface area contributed by atoms with Crippen molar-refractivity contribution in [2.24, 2.45) is 5.92 Å². The first-order valence-corrected chi connectivity index (χ1v) is 5.06. The molecule has 0 bridgehead atoms. The van der Waals surface area contributed by atoms with Gasteiger partial charge < -0.3 is 5.32 Å². The van der Waals surface area contributed by atoms with Gasteiger partial charge >= 0.3 is 0 Å². The Morgan fingerprint density at radius 3 is 2.50 bits per heavy atom. The fourth-order valence-corrected chi connectivity index (χ4v) is 1.69. The minimum Gasteiger partial charge on any atom is -0.356 e. The zero-order valence-electron chi connectivity index (χ0n) is 8.47. The van der Waals surface area contributed by atoms with Crippen molar-refractivity contribution < 1.29 is 4.79 Å². The van der Waals surface area contributed by atoms with Crippen LogP contribution in [0.25, 0.3) is 0 Å². The number of carbonyl (C=O) groups is 1. The first kappa shape index (κ1) is 11.5. The molecular formula is C10H21NO. The van der Waals surface area contributed by atoms with E-state index < -0.39 is 0 Å². The van der Waals surface area contributed by atoms with E-state index in [-0.39, 0.29) is 0 Å². The first-order chi connectivity index (χ1) is 5.86. The van der Waals surface area contributed by atoms with Crippen molar-refractivity contribution in [3.05, 3.63) is 0 Å². The highest BCUT2D eigenvalue weighted by atomic mass is 16.1. The third-order valence-electron chi connectivity index (χ3n) is 2.42. The lowest BCUT2D eigenvalue weighted by Gasteiger charge is -2.07. The average molecular weight is 171 g/mol. The molecule has 0 aromatic carbocycles. The van der Waals surface area contributed by atoms with Crippen molar-refractivity contribution in [2.45, 2.75) is 52.5 Å². The molecule has 2 unspecified atom stereocenters. The van der Waals surface area contributed by atoms with Crippen LogP contribution in [-0.4, -0.2) is 12.5 Å². The van der Waals surface area contributed by atoms with Crippen LogP contribution in [0.15, 0.2) is 0 Å². The highest BCUT2D eigenvalue weighted by Gasteiger charge is 2.21. The molecule has 0 heterocycles. The molecule has 72 valence electrons. The Morgan fingerprint density at radius 2 is 2.08 bits per heavy atom. The molecular weight excluding hydrogens is 150 g/mol. The quantitative estimate of drug-likeness (QED) is 0.649. The standard InChI is InChI=1S/C8H15NO.C2H6/c1-2-7-3-4-8(5-7)9-6-10;1-2/h6-8H,2-5H2,1H3,(H,9,10);1-2H3. The van der Waals surface area contributed by atoms with E-state index >= 15 is 0 Å². The van der Waals surface area contributed by atoms with E-state index in [1.54, 1.807) is 0 Å². The van der Waals surface area contributed by atoms with Crippen molar-refractivity contribution in [3.63, 3.8) is 0 Å². The summed E-state index contributed by atoms with van der Waals surface area (Å²) in [4.78, 5) is 10.0.